The maximum absolute atomic E-state index is 12.0. The van der Waals surface area contributed by atoms with E-state index in [-0.39, 0.29) is 5.97 Å². The van der Waals surface area contributed by atoms with Gasteiger partial charge in [0.2, 0.25) is 0 Å². The first-order valence-electron chi connectivity index (χ1n) is 9.60. The lowest BCUT2D eigenvalue weighted by Crippen LogP contribution is -2.06. The molecule has 0 bridgehead atoms. The molecular formula is C21H23N3O2S2. The predicted molar refractivity (Wildman–Crippen MR) is 116 cm³/mol. The second-order valence-corrected chi connectivity index (χ2v) is 8.65. The summed E-state index contributed by atoms with van der Waals surface area (Å²) in [6, 6.07) is 7.37. The second kappa shape index (κ2) is 8.49. The number of nitrogens with one attached hydrogen (secondary N) is 1. The smallest absolute Gasteiger partial charge is 0.338 e. The highest BCUT2D eigenvalue weighted by Crippen LogP contribution is 2.40. The Morgan fingerprint density at radius 2 is 2.00 bits per heavy atom. The lowest BCUT2D eigenvalue weighted by molar-refractivity contribution is 0.0505. The number of fused-ring (bicyclic) bond motifs is 3. The van der Waals surface area contributed by atoms with E-state index in [4.69, 9.17) is 14.7 Å². The number of aromatic nitrogens is 2. The van der Waals surface area contributed by atoms with E-state index in [1.807, 2.05) is 25.3 Å². The quantitative estimate of drug-likeness (QED) is 0.322. The van der Waals surface area contributed by atoms with Gasteiger partial charge in [-0.05, 0) is 68.2 Å². The van der Waals surface area contributed by atoms with Gasteiger partial charge in [-0.1, -0.05) is 18.7 Å². The number of aryl methyl sites for hydroxylation is 2. The monoisotopic (exact) mass is 413 g/mol. The molecule has 0 atom stereocenters. The zero-order valence-electron chi connectivity index (χ0n) is 16.1. The number of ether oxygens (including phenoxy) is 1. The molecule has 1 N–H and O–H groups in total. The number of carbonyl (C=O) groups excluding carboxylic acids is 1. The average molecular weight is 414 g/mol. The van der Waals surface area contributed by atoms with Crippen LogP contribution in [0.3, 0.4) is 0 Å². The number of thioether (sulfide) groups is 1. The Labute approximate surface area is 172 Å². The average Bonchev–Trinajstić information content (AvgIpc) is 3.11. The van der Waals surface area contributed by atoms with E-state index in [2.05, 4.69) is 5.32 Å². The van der Waals surface area contributed by atoms with Crippen molar-refractivity contribution in [2.45, 2.75) is 44.2 Å². The zero-order chi connectivity index (χ0) is 19.5. The summed E-state index contributed by atoms with van der Waals surface area (Å²) in [5.74, 6) is 0.574. The van der Waals surface area contributed by atoms with Gasteiger partial charge in [-0.3, -0.25) is 0 Å². The zero-order valence-corrected chi connectivity index (χ0v) is 17.7. The number of carbonyl (C=O) groups is 1. The van der Waals surface area contributed by atoms with Gasteiger partial charge in [0.15, 0.2) is 5.16 Å². The number of benzene rings is 1. The normalized spacial score (nSPS) is 13.4. The summed E-state index contributed by atoms with van der Waals surface area (Å²) in [5, 5.41) is 5.39. The van der Waals surface area contributed by atoms with Crippen LogP contribution in [0, 0.1) is 0 Å². The van der Waals surface area contributed by atoms with Crippen LogP contribution in [-0.4, -0.2) is 28.8 Å². The molecule has 5 nitrogen and oxygen atoms in total. The van der Waals surface area contributed by atoms with Gasteiger partial charge in [0.25, 0.3) is 0 Å². The summed E-state index contributed by atoms with van der Waals surface area (Å²) in [5.41, 5.74) is 2.86. The van der Waals surface area contributed by atoms with Gasteiger partial charge in [0.1, 0.15) is 10.6 Å². The van der Waals surface area contributed by atoms with Crippen LogP contribution in [0.4, 0.5) is 11.5 Å². The summed E-state index contributed by atoms with van der Waals surface area (Å²) in [6.45, 7) is 2.42. The van der Waals surface area contributed by atoms with E-state index in [9.17, 15) is 4.79 Å². The molecule has 1 aliphatic rings. The van der Waals surface area contributed by atoms with Gasteiger partial charge in [-0.15, -0.1) is 11.3 Å². The summed E-state index contributed by atoms with van der Waals surface area (Å²) in [7, 11) is 0. The third kappa shape index (κ3) is 3.86. The molecule has 2 aromatic heterocycles. The highest BCUT2D eigenvalue weighted by molar-refractivity contribution is 7.98. The minimum Gasteiger partial charge on any atom is -0.462 e. The van der Waals surface area contributed by atoms with E-state index in [1.54, 1.807) is 35.2 Å². The fourth-order valence-electron chi connectivity index (χ4n) is 3.42. The van der Waals surface area contributed by atoms with Crippen LogP contribution in [0.15, 0.2) is 29.4 Å². The molecule has 0 unspecified atom stereocenters. The first kappa shape index (κ1) is 19.2. The molecule has 0 aliphatic heterocycles. The highest BCUT2D eigenvalue weighted by Gasteiger charge is 2.21. The van der Waals surface area contributed by atoms with Gasteiger partial charge in [0, 0.05) is 10.6 Å². The van der Waals surface area contributed by atoms with Gasteiger partial charge < -0.3 is 10.1 Å². The van der Waals surface area contributed by atoms with E-state index < -0.39 is 0 Å². The van der Waals surface area contributed by atoms with E-state index in [0.717, 1.165) is 46.1 Å². The highest BCUT2D eigenvalue weighted by atomic mass is 32.2. The van der Waals surface area contributed by atoms with Crippen molar-refractivity contribution in [3.8, 4) is 0 Å². The Bertz CT molecular complexity index is 999. The molecule has 0 spiro atoms. The minimum absolute atomic E-state index is 0.283. The number of rotatable bonds is 6. The topological polar surface area (TPSA) is 64.1 Å². The van der Waals surface area contributed by atoms with Crippen molar-refractivity contribution in [3.05, 3.63) is 40.3 Å². The Morgan fingerprint density at radius 3 is 2.75 bits per heavy atom. The summed E-state index contributed by atoms with van der Waals surface area (Å²) in [6.07, 6.45) is 7.51. The van der Waals surface area contributed by atoms with Gasteiger partial charge in [-0.25, -0.2) is 14.8 Å². The van der Waals surface area contributed by atoms with Crippen molar-refractivity contribution in [3.63, 3.8) is 0 Å². The molecule has 0 saturated heterocycles. The molecule has 0 amide bonds. The van der Waals surface area contributed by atoms with Gasteiger partial charge >= 0.3 is 5.97 Å². The van der Waals surface area contributed by atoms with Crippen LogP contribution in [0.25, 0.3) is 10.2 Å². The van der Waals surface area contributed by atoms with Crippen LogP contribution in [-0.2, 0) is 17.6 Å². The Kier molecular flexibility index (Phi) is 5.82. The van der Waals surface area contributed by atoms with Crippen LogP contribution in [0.5, 0.6) is 0 Å². The van der Waals surface area contributed by atoms with Gasteiger partial charge in [-0.2, -0.15) is 0 Å². The van der Waals surface area contributed by atoms with Crippen LogP contribution in [0.1, 0.15) is 47.0 Å². The summed E-state index contributed by atoms with van der Waals surface area (Å²) < 4.78 is 5.19. The van der Waals surface area contributed by atoms with Crippen molar-refractivity contribution >= 4 is 50.8 Å². The number of hydrogen-bond acceptors (Lipinski definition) is 7. The molecule has 4 rings (SSSR count). The number of anilines is 2. The maximum Gasteiger partial charge on any atom is 0.338 e. The molecule has 1 aromatic carbocycles. The molecule has 0 saturated carbocycles. The first-order chi connectivity index (χ1) is 13.7. The summed E-state index contributed by atoms with van der Waals surface area (Å²) >= 11 is 3.35. The molecule has 0 radical (unpaired) electrons. The fourth-order valence-corrected chi connectivity index (χ4v) is 5.11. The van der Waals surface area contributed by atoms with E-state index in [1.165, 1.54) is 23.3 Å². The maximum atomic E-state index is 12.0. The second-order valence-electron chi connectivity index (χ2n) is 6.79. The first-order valence-corrected chi connectivity index (χ1v) is 11.6. The Balaban J connectivity index is 1.65. The van der Waals surface area contributed by atoms with Crippen molar-refractivity contribution in [2.75, 3.05) is 18.2 Å². The van der Waals surface area contributed by atoms with Crippen molar-refractivity contribution < 1.29 is 9.53 Å². The molecule has 2 heterocycles. The number of nitrogens with zero attached hydrogens (tertiary/aromatic N) is 2. The summed E-state index contributed by atoms with van der Waals surface area (Å²) in [4.78, 5) is 24.0. The Hall–Kier alpha value is -2.12. The Morgan fingerprint density at radius 1 is 1.21 bits per heavy atom. The number of esters is 1. The van der Waals surface area contributed by atoms with Crippen molar-refractivity contribution in [1.82, 2.24) is 9.97 Å². The number of thiophene rings is 1. The largest absolute Gasteiger partial charge is 0.462 e. The third-order valence-corrected chi connectivity index (χ3v) is 6.53. The van der Waals surface area contributed by atoms with Crippen LogP contribution < -0.4 is 5.32 Å². The van der Waals surface area contributed by atoms with Crippen LogP contribution >= 0.6 is 23.1 Å². The van der Waals surface area contributed by atoms with Crippen LogP contribution in [0.2, 0.25) is 0 Å². The molecule has 0 fully saturated rings. The molecule has 28 heavy (non-hydrogen) atoms. The molecule has 7 heteroatoms. The lowest BCUT2D eigenvalue weighted by atomic mass is 9.97. The van der Waals surface area contributed by atoms with Gasteiger partial charge in [0.05, 0.1) is 17.6 Å². The standard InChI is InChI=1S/C21H23N3O2S2/c1-3-12-26-20(25)13-8-10-14(11-9-13)22-18-17-15-6-4-5-7-16(15)28-19(17)24-21(23-18)27-2/h8-11H,3-7,12H2,1-2H3,(H,22,23,24). The molecule has 146 valence electrons. The molecule has 3 aromatic rings. The molecular weight excluding hydrogens is 390 g/mol. The SMILES string of the molecule is CCCOC(=O)c1ccc(Nc2nc(SC)nc3sc4c(c23)CCCC4)cc1. The van der Waals surface area contributed by atoms with Crippen molar-refractivity contribution in [2.24, 2.45) is 0 Å². The third-order valence-electron chi connectivity index (χ3n) is 4.80. The van der Waals surface area contributed by atoms with E-state index in [0.29, 0.717) is 12.2 Å². The number of hydrogen-bond donors (Lipinski definition) is 1. The fraction of sp³-hybridized carbons (Fsp3) is 0.381. The predicted octanol–water partition coefficient (Wildman–Crippen LogP) is 5.60. The van der Waals surface area contributed by atoms with E-state index >= 15 is 0 Å². The molecule has 1 aliphatic carbocycles. The lowest BCUT2D eigenvalue weighted by Gasteiger charge is -2.13. The van der Waals surface area contributed by atoms with Crippen molar-refractivity contribution in [1.29, 1.82) is 0 Å². The minimum atomic E-state index is -0.283.